The first-order chi connectivity index (χ1) is 11.8. The molecule has 0 bridgehead atoms. The van der Waals surface area contributed by atoms with E-state index in [0.717, 1.165) is 38.7 Å². The van der Waals surface area contributed by atoms with Gasteiger partial charge in [0.15, 0.2) is 5.96 Å². The topological polar surface area (TPSA) is 48.7 Å². The molecule has 1 rings (SSSR count). The molecule has 0 spiro atoms. The number of nitrogens with one attached hydrogen (secondary N) is 1. The second kappa shape index (κ2) is 12.5. The van der Waals surface area contributed by atoms with Crippen LogP contribution in [0, 0.1) is 0 Å². The molecule has 6 nitrogen and oxygen atoms in total. The number of aryl methyl sites for hydroxylation is 1. The van der Waals surface area contributed by atoms with Crippen molar-refractivity contribution < 1.29 is 0 Å². The van der Waals surface area contributed by atoms with Gasteiger partial charge in [0.2, 0.25) is 0 Å². The highest BCUT2D eigenvalue weighted by Crippen LogP contribution is 2.18. The number of aromatic nitrogens is 2. The van der Waals surface area contributed by atoms with E-state index in [-0.39, 0.29) is 24.0 Å². The van der Waals surface area contributed by atoms with E-state index in [1.807, 2.05) is 11.7 Å². The summed E-state index contributed by atoms with van der Waals surface area (Å²) in [6.07, 6.45) is 2.12. The minimum atomic E-state index is 0. The number of nitrogens with zero attached hydrogens (tertiary/aromatic N) is 5. The third kappa shape index (κ3) is 7.82. The predicted octanol–water partition coefficient (Wildman–Crippen LogP) is 3.29. The third-order valence-electron chi connectivity index (χ3n) is 4.37. The van der Waals surface area contributed by atoms with Gasteiger partial charge in [-0.1, -0.05) is 20.8 Å². The van der Waals surface area contributed by atoms with E-state index in [1.165, 1.54) is 11.3 Å². The fourth-order valence-corrected chi connectivity index (χ4v) is 3.03. The molecule has 152 valence electrons. The van der Waals surface area contributed by atoms with E-state index in [2.05, 4.69) is 75.0 Å². The van der Waals surface area contributed by atoms with Gasteiger partial charge in [0.25, 0.3) is 0 Å². The maximum Gasteiger partial charge on any atom is 0.194 e. The number of halogens is 1. The van der Waals surface area contributed by atoms with Crippen molar-refractivity contribution in [2.75, 3.05) is 33.2 Å². The van der Waals surface area contributed by atoms with E-state index >= 15 is 0 Å². The first-order valence-corrected chi connectivity index (χ1v) is 9.55. The highest BCUT2D eigenvalue weighted by molar-refractivity contribution is 14.0. The molecule has 0 aliphatic rings. The summed E-state index contributed by atoms with van der Waals surface area (Å²) in [5.74, 6) is 1.38. The summed E-state index contributed by atoms with van der Waals surface area (Å²) in [7, 11) is 4.08. The van der Waals surface area contributed by atoms with Crippen LogP contribution in [0.3, 0.4) is 0 Å². The molecular formula is C19H39IN6. The number of likely N-dealkylation sites (N-methyl/N-ethyl adjacent to an activating group) is 1. The molecule has 26 heavy (non-hydrogen) atoms. The molecule has 0 saturated carbocycles. The minimum Gasteiger partial charge on any atom is -0.357 e. The molecule has 0 aliphatic heterocycles. The third-order valence-corrected chi connectivity index (χ3v) is 4.37. The van der Waals surface area contributed by atoms with E-state index in [9.17, 15) is 0 Å². The summed E-state index contributed by atoms with van der Waals surface area (Å²) in [4.78, 5) is 9.45. The average molecular weight is 478 g/mol. The highest BCUT2D eigenvalue weighted by atomic mass is 127. The summed E-state index contributed by atoms with van der Waals surface area (Å²) >= 11 is 0. The zero-order valence-corrected chi connectivity index (χ0v) is 20.2. The Balaban J connectivity index is 0.00000625. The van der Waals surface area contributed by atoms with Crippen LogP contribution in [0.5, 0.6) is 0 Å². The maximum atomic E-state index is 4.82. The maximum absolute atomic E-state index is 4.82. The Labute approximate surface area is 177 Å². The molecular weight excluding hydrogens is 439 g/mol. The fourth-order valence-electron chi connectivity index (χ4n) is 3.03. The van der Waals surface area contributed by atoms with E-state index in [1.54, 1.807) is 0 Å². The van der Waals surface area contributed by atoms with Crippen LogP contribution >= 0.6 is 24.0 Å². The fraction of sp³-hybridized carbons (Fsp3) is 0.789. The van der Waals surface area contributed by atoms with Crippen molar-refractivity contribution in [2.24, 2.45) is 12.0 Å². The zero-order valence-electron chi connectivity index (χ0n) is 17.9. The summed E-state index contributed by atoms with van der Waals surface area (Å²) in [5, 5.41) is 8.02. The Morgan fingerprint density at radius 1 is 1.27 bits per heavy atom. The van der Waals surface area contributed by atoms with Gasteiger partial charge in [-0.15, -0.1) is 24.0 Å². The van der Waals surface area contributed by atoms with Gasteiger partial charge >= 0.3 is 0 Å². The van der Waals surface area contributed by atoms with Crippen LogP contribution in [0.4, 0.5) is 0 Å². The molecule has 1 heterocycles. The summed E-state index contributed by atoms with van der Waals surface area (Å²) in [6.45, 7) is 17.7. The Morgan fingerprint density at radius 3 is 2.42 bits per heavy atom. The first kappa shape index (κ1) is 25.2. The lowest BCUT2D eigenvalue weighted by Gasteiger charge is -2.25. The van der Waals surface area contributed by atoms with Crippen molar-refractivity contribution >= 4 is 29.9 Å². The largest absolute Gasteiger partial charge is 0.357 e. The lowest BCUT2D eigenvalue weighted by molar-refractivity contribution is 0.240. The van der Waals surface area contributed by atoms with Crippen molar-refractivity contribution in [3.05, 3.63) is 17.5 Å². The van der Waals surface area contributed by atoms with Crippen LogP contribution < -0.4 is 5.32 Å². The monoisotopic (exact) mass is 478 g/mol. The second-order valence-electron chi connectivity index (χ2n) is 7.18. The molecule has 0 radical (unpaired) electrons. The van der Waals surface area contributed by atoms with E-state index < -0.39 is 0 Å². The summed E-state index contributed by atoms with van der Waals surface area (Å²) < 4.78 is 1.91. The van der Waals surface area contributed by atoms with Gasteiger partial charge in [-0.05, 0) is 33.2 Å². The second-order valence-corrected chi connectivity index (χ2v) is 7.18. The van der Waals surface area contributed by atoms with Gasteiger partial charge in [-0.2, -0.15) is 5.10 Å². The average Bonchev–Trinajstić information content (AvgIpc) is 2.90. The Kier molecular flexibility index (Phi) is 12.1. The van der Waals surface area contributed by atoms with Crippen molar-refractivity contribution in [3.63, 3.8) is 0 Å². The van der Waals surface area contributed by atoms with Crippen LogP contribution in [0.2, 0.25) is 0 Å². The zero-order chi connectivity index (χ0) is 19.0. The number of rotatable bonds is 9. The van der Waals surface area contributed by atoms with Gasteiger partial charge in [-0.25, -0.2) is 0 Å². The first-order valence-electron chi connectivity index (χ1n) is 9.55. The van der Waals surface area contributed by atoms with Crippen LogP contribution in [0.25, 0.3) is 0 Å². The summed E-state index contributed by atoms with van der Waals surface area (Å²) in [5.41, 5.74) is 2.44. The number of hydrogen-bond acceptors (Lipinski definition) is 3. The van der Waals surface area contributed by atoms with Gasteiger partial charge < -0.3 is 10.2 Å². The smallest absolute Gasteiger partial charge is 0.194 e. The van der Waals surface area contributed by atoms with Gasteiger partial charge in [0.05, 0.1) is 12.2 Å². The molecule has 0 aliphatic carbocycles. The minimum absolute atomic E-state index is 0. The van der Waals surface area contributed by atoms with E-state index in [4.69, 9.17) is 4.99 Å². The van der Waals surface area contributed by atoms with Crippen molar-refractivity contribution in [2.45, 2.75) is 60.0 Å². The quantitative estimate of drug-likeness (QED) is 0.336. The lowest BCUT2D eigenvalue weighted by atomic mass is 10.1. The van der Waals surface area contributed by atoms with Crippen LogP contribution in [-0.4, -0.2) is 64.8 Å². The molecule has 0 atom stereocenters. The van der Waals surface area contributed by atoms with Gasteiger partial charge in [0, 0.05) is 51.5 Å². The Hall–Kier alpha value is -0.830. The van der Waals surface area contributed by atoms with Crippen LogP contribution in [0.1, 0.15) is 58.7 Å². The normalized spacial score (nSPS) is 12.0. The SMILES string of the molecule is CCNC(=NCCN(CC)C(C)C)N(C)Cc1cn(C)nc1C(C)C.I. The van der Waals surface area contributed by atoms with Crippen LogP contribution in [0.15, 0.2) is 11.2 Å². The van der Waals surface area contributed by atoms with Crippen molar-refractivity contribution in [3.8, 4) is 0 Å². The molecule has 0 amide bonds. The molecule has 0 fully saturated rings. The molecule has 0 saturated heterocycles. The number of aliphatic imine (C=N–C) groups is 1. The molecule has 1 N–H and O–H groups in total. The van der Waals surface area contributed by atoms with E-state index in [0.29, 0.717) is 12.0 Å². The molecule has 0 aromatic carbocycles. The molecule has 0 unspecified atom stereocenters. The van der Waals surface area contributed by atoms with Crippen LogP contribution in [-0.2, 0) is 13.6 Å². The molecule has 1 aromatic heterocycles. The Morgan fingerprint density at radius 2 is 1.92 bits per heavy atom. The molecule has 1 aromatic rings. The number of hydrogen-bond donors (Lipinski definition) is 1. The standard InChI is InChI=1S/C19H38N6.HI/c1-9-20-19(21-11-12-25(10-2)16(5)6)23(7)13-17-14-24(8)22-18(17)15(3)4;/h14-16H,9-13H2,1-8H3,(H,20,21);1H. The van der Waals surface area contributed by atoms with Crippen molar-refractivity contribution in [1.29, 1.82) is 0 Å². The number of guanidine groups is 1. The lowest BCUT2D eigenvalue weighted by Crippen LogP contribution is -2.39. The Bertz CT molecular complexity index is 538. The predicted molar refractivity (Wildman–Crippen MR) is 123 cm³/mol. The van der Waals surface area contributed by atoms with Crippen molar-refractivity contribution in [1.82, 2.24) is 24.9 Å². The van der Waals surface area contributed by atoms with Gasteiger partial charge in [0.1, 0.15) is 0 Å². The van der Waals surface area contributed by atoms with Gasteiger partial charge in [-0.3, -0.25) is 14.6 Å². The molecule has 7 heteroatoms. The highest BCUT2D eigenvalue weighted by Gasteiger charge is 2.15. The summed E-state index contributed by atoms with van der Waals surface area (Å²) in [6, 6.07) is 0.560.